The molecular formula is C15H18N2O. The van der Waals surface area contributed by atoms with Gasteiger partial charge in [-0.2, -0.15) is 0 Å². The van der Waals surface area contributed by atoms with Crippen molar-refractivity contribution in [3.8, 4) is 5.88 Å². The van der Waals surface area contributed by atoms with Crippen LogP contribution in [0.4, 0.5) is 5.69 Å². The molecule has 94 valence electrons. The van der Waals surface area contributed by atoms with E-state index in [-0.39, 0.29) is 0 Å². The van der Waals surface area contributed by atoms with E-state index in [2.05, 4.69) is 42.3 Å². The summed E-state index contributed by atoms with van der Waals surface area (Å²) in [6.07, 6.45) is 1.72. The minimum absolute atomic E-state index is 0.626. The van der Waals surface area contributed by atoms with E-state index in [4.69, 9.17) is 4.74 Å². The van der Waals surface area contributed by atoms with Crippen molar-refractivity contribution in [2.24, 2.45) is 0 Å². The van der Waals surface area contributed by atoms with Crippen molar-refractivity contribution < 1.29 is 4.74 Å². The summed E-state index contributed by atoms with van der Waals surface area (Å²) < 4.78 is 5.20. The smallest absolute Gasteiger partial charge is 0.237 e. The number of nitrogens with zero attached hydrogens (tertiary/aromatic N) is 1. The quantitative estimate of drug-likeness (QED) is 0.893. The standard InChI is InChI=1S/C15H18N2O/c1-11-6-7-13(9-12(11)2)10-17-14-5-4-8-16-15(14)18-3/h4-9,17H,10H2,1-3H3. The average molecular weight is 242 g/mol. The van der Waals surface area contributed by atoms with Gasteiger partial charge in [-0.05, 0) is 42.7 Å². The lowest BCUT2D eigenvalue weighted by molar-refractivity contribution is 0.399. The van der Waals surface area contributed by atoms with Crippen LogP contribution in [0.2, 0.25) is 0 Å². The first-order valence-electron chi connectivity index (χ1n) is 5.99. The topological polar surface area (TPSA) is 34.1 Å². The highest BCUT2D eigenvalue weighted by atomic mass is 16.5. The Labute approximate surface area is 108 Å². The highest BCUT2D eigenvalue weighted by molar-refractivity contribution is 5.52. The van der Waals surface area contributed by atoms with E-state index in [1.165, 1.54) is 16.7 Å². The van der Waals surface area contributed by atoms with E-state index in [0.29, 0.717) is 5.88 Å². The number of hydrogen-bond acceptors (Lipinski definition) is 3. The third-order valence-electron chi connectivity index (χ3n) is 3.02. The summed E-state index contributed by atoms with van der Waals surface area (Å²) in [6.45, 7) is 5.02. The van der Waals surface area contributed by atoms with Crippen LogP contribution in [0.25, 0.3) is 0 Å². The van der Waals surface area contributed by atoms with Gasteiger partial charge >= 0.3 is 0 Å². The van der Waals surface area contributed by atoms with Crippen LogP contribution in [0, 0.1) is 13.8 Å². The molecule has 0 aliphatic rings. The fraction of sp³-hybridized carbons (Fsp3) is 0.267. The maximum absolute atomic E-state index is 5.20. The summed E-state index contributed by atoms with van der Waals surface area (Å²) in [5.41, 5.74) is 4.80. The summed E-state index contributed by atoms with van der Waals surface area (Å²) in [7, 11) is 1.63. The Morgan fingerprint density at radius 3 is 2.72 bits per heavy atom. The highest BCUT2D eigenvalue weighted by Gasteiger charge is 2.02. The van der Waals surface area contributed by atoms with Gasteiger partial charge in [-0.3, -0.25) is 0 Å². The maximum Gasteiger partial charge on any atom is 0.237 e. The fourth-order valence-electron chi connectivity index (χ4n) is 1.80. The third kappa shape index (κ3) is 2.80. The van der Waals surface area contributed by atoms with Crippen molar-refractivity contribution in [3.05, 3.63) is 53.2 Å². The molecule has 2 rings (SSSR count). The second-order valence-corrected chi connectivity index (χ2v) is 4.33. The van der Waals surface area contributed by atoms with Crippen molar-refractivity contribution in [3.63, 3.8) is 0 Å². The lowest BCUT2D eigenvalue weighted by Crippen LogP contribution is -2.02. The van der Waals surface area contributed by atoms with Crippen LogP contribution in [0.1, 0.15) is 16.7 Å². The normalized spacial score (nSPS) is 10.2. The zero-order valence-electron chi connectivity index (χ0n) is 11.0. The monoisotopic (exact) mass is 242 g/mol. The van der Waals surface area contributed by atoms with Gasteiger partial charge in [-0.25, -0.2) is 4.98 Å². The Kier molecular flexibility index (Phi) is 3.82. The molecule has 0 saturated heterocycles. The number of benzene rings is 1. The molecule has 1 N–H and O–H groups in total. The third-order valence-corrected chi connectivity index (χ3v) is 3.02. The number of aromatic nitrogens is 1. The Morgan fingerprint density at radius 1 is 1.17 bits per heavy atom. The van der Waals surface area contributed by atoms with Crippen LogP contribution in [-0.2, 0) is 6.54 Å². The van der Waals surface area contributed by atoms with Gasteiger partial charge < -0.3 is 10.1 Å². The number of ether oxygens (including phenoxy) is 1. The van der Waals surface area contributed by atoms with Gasteiger partial charge in [0, 0.05) is 12.7 Å². The molecule has 3 heteroatoms. The zero-order valence-corrected chi connectivity index (χ0v) is 11.0. The first kappa shape index (κ1) is 12.4. The van der Waals surface area contributed by atoms with E-state index < -0.39 is 0 Å². The summed E-state index contributed by atoms with van der Waals surface area (Å²) in [5, 5.41) is 3.34. The molecule has 3 nitrogen and oxygen atoms in total. The lowest BCUT2D eigenvalue weighted by Gasteiger charge is -2.10. The maximum atomic E-state index is 5.20. The van der Waals surface area contributed by atoms with Crippen LogP contribution in [0.3, 0.4) is 0 Å². The molecule has 0 radical (unpaired) electrons. The average Bonchev–Trinajstić information content (AvgIpc) is 2.40. The number of nitrogens with one attached hydrogen (secondary N) is 1. The van der Waals surface area contributed by atoms with Crippen molar-refractivity contribution in [1.29, 1.82) is 0 Å². The number of aryl methyl sites for hydroxylation is 2. The van der Waals surface area contributed by atoms with E-state index in [1.54, 1.807) is 13.3 Å². The molecule has 1 aromatic carbocycles. The largest absolute Gasteiger partial charge is 0.480 e. The Bertz CT molecular complexity index is 538. The van der Waals surface area contributed by atoms with Gasteiger partial charge in [0.15, 0.2) is 0 Å². The molecule has 0 aliphatic heterocycles. The van der Waals surface area contributed by atoms with E-state index in [9.17, 15) is 0 Å². The van der Waals surface area contributed by atoms with Crippen LogP contribution in [-0.4, -0.2) is 12.1 Å². The van der Waals surface area contributed by atoms with Crippen molar-refractivity contribution in [2.75, 3.05) is 12.4 Å². The first-order valence-corrected chi connectivity index (χ1v) is 5.99. The number of methoxy groups -OCH3 is 1. The van der Waals surface area contributed by atoms with Crippen molar-refractivity contribution in [1.82, 2.24) is 4.98 Å². The molecule has 0 aliphatic carbocycles. The first-order chi connectivity index (χ1) is 8.70. The fourth-order valence-corrected chi connectivity index (χ4v) is 1.80. The number of rotatable bonds is 4. The van der Waals surface area contributed by atoms with Crippen LogP contribution in [0.15, 0.2) is 36.5 Å². The van der Waals surface area contributed by atoms with Crippen LogP contribution >= 0.6 is 0 Å². The Hall–Kier alpha value is -2.03. The molecule has 1 heterocycles. The molecule has 1 aromatic heterocycles. The summed E-state index contributed by atoms with van der Waals surface area (Å²) in [4.78, 5) is 4.16. The zero-order chi connectivity index (χ0) is 13.0. The van der Waals surface area contributed by atoms with E-state index in [1.807, 2.05) is 12.1 Å². The Balaban J connectivity index is 2.09. The number of anilines is 1. The van der Waals surface area contributed by atoms with E-state index >= 15 is 0 Å². The van der Waals surface area contributed by atoms with Crippen molar-refractivity contribution >= 4 is 5.69 Å². The summed E-state index contributed by atoms with van der Waals surface area (Å²) in [5.74, 6) is 0.626. The number of hydrogen-bond donors (Lipinski definition) is 1. The highest BCUT2D eigenvalue weighted by Crippen LogP contribution is 2.21. The molecule has 0 amide bonds. The minimum atomic E-state index is 0.626. The van der Waals surface area contributed by atoms with Gasteiger partial charge in [0.1, 0.15) is 0 Å². The molecule has 0 atom stereocenters. The van der Waals surface area contributed by atoms with Gasteiger partial charge in [0.05, 0.1) is 12.8 Å². The predicted octanol–water partition coefficient (Wildman–Crippen LogP) is 3.32. The second-order valence-electron chi connectivity index (χ2n) is 4.33. The SMILES string of the molecule is COc1ncccc1NCc1ccc(C)c(C)c1. The van der Waals surface area contributed by atoms with Gasteiger partial charge in [-0.15, -0.1) is 0 Å². The molecule has 2 aromatic rings. The molecule has 18 heavy (non-hydrogen) atoms. The van der Waals surface area contributed by atoms with E-state index in [0.717, 1.165) is 12.2 Å². The van der Waals surface area contributed by atoms with Crippen LogP contribution in [0.5, 0.6) is 5.88 Å². The molecule has 0 bridgehead atoms. The van der Waals surface area contributed by atoms with Crippen LogP contribution < -0.4 is 10.1 Å². The lowest BCUT2D eigenvalue weighted by atomic mass is 10.1. The molecular weight excluding hydrogens is 224 g/mol. The van der Waals surface area contributed by atoms with Gasteiger partial charge in [0.25, 0.3) is 0 Å². The molecule has 0 unspecified atom stereocenters. The Morgan fingerprint density at radius 2 is 2.00 bits per heavy atom. The second kappa shape index (κ2) is 5.54. The van der Waals surface area contributed by atoms with Gasteiger partial charge in [-0.1, -0.05) is 18.2 Å². The molecule has 0 saturated carbocycles. The number of pyridine rings is 1. The van der Waals surface area contributed by atoms with Crippen molar-refractivity contribution in [2.45, 2.75) is 20.4 Å². The minimum Gasteiger partial charge on any atom is -0.480 e. The van der Waals surface area contributed by atoms with Gasteiger partial charge in [0.2, 0.25) is 5.88 Å². The summed E-state index contributed by atoms with van der Waals surface area (Å²) in [6, 6.07) is 10.3. The molecule has 0 fully saturated rings. The predicted molar refractivity (Wildman–Crippen MR) is 74.0 cm³/mol. The summed E-state index contributed by atoms with van der Waals surface area (Å²) >= 11 is 0. The molecule has 0 spiro atoms.